The monoisotopic (exact) mass is 391 g/mol. The highest BCUT2D eigenvalue weighted by Crippen LogP contribution is 2.29. The van der Waals surface area contributed by atoms with Crippen molar-refractivity contribution < 1.29 is 9.53 Å². The summed E-state index contributed by atoms with van der Waals surface area (Å²) in [5, 5.41) is 3.51. The number of amides is 1. The molecule has 0 bridgehead atoms. The van der Waals surface area contributed by atoms with E-state index in [0.717, 1.165) is 23.8 Å². The summed E-state index contributed by atoms with van der Waals surface area (Å²) in [6.07, 6.45) is 4.07. The maximum Gasteiger partial charge on any atom is 0.258 e. The molecule has 1 aliphatic carbocycles. The molecule has 0 radical (unpaired) electrons. The average Bonchev–Trinajstić information content (AvgIpc) is 3.53. The Balaban J connectivity index is 1.26. The molecule has 1 amide bonds. The normalized spacial score (nSPS) is 13.5. The number of ether oxygens (including phenoxy) is 1. The van der Waals surface area contributed by atoms with E-state index in [9.17, 15) is 9.59 Å². The Hall–Kier alpha value is -2.99. The Morgan fingerprint density at radius 2 is 2.03 bits per heavy atom. The largest absolute Gasteiger partial charge is 0.376 e. The van der Waals surface area contributed by atoms with Gasteiger partial charge in [-0.3, -0.25) is 9.59 Å². The molecule has 1 saturated carbocycles. The van der Waals surface area contributed by atoms with Gasteiger partial charge in [0.25, 0.3) is 5.56 Å². The highest BCUT2D eigenvalue weighted by molar-refractivity contribution is 5.90. The van der Waals surface area contributed by atoms with Crippen molar-refractivity contribution in [1.29, 1.82) is 0 Å². The smallest absolute Gasteiger partial charge is 0.258 e. The number of aryl methyl sites for hydroxylation is 1. The highest BCUT2D eigenvalue weighted by Gasteiger charge is 2.21. The van der Waals surface area contributed by atoms with E-state index >= 15 is 0 Å². The molecule has 0 spiro atoms. The van der Waals surface area contributed by atoms with E-state index in [-0.39, 0.29) is 11.5 Å². The van der Waals surface area contributed by atoms with Crippen molar-refractivity contribution in [1.82, 2.24) is 9.97 Å². The van der Waals surface area contributed by atoms with Crippen LogP contribution in [0.2, 0.25) is 0 Å². The number of carbonyl (C=O) groups is 1. The van der Waals surface area contributed by atoms with E-state index in [2.05, 4.69) is 15.3 Å². The summed E-state index contributed by atoms with van der Waals surface area (Å²) >= 11 is 0. The molecule has 1 aliphatic rings. The molecule has 0 unspecified atom stereocenters. The molecule has 150 valence electrons. The molecule has 0 aliphatic heterocycles. The number of benzene rings is 2. The molecule has 29 heavy (non-hydrogen) atoms. The number of H-pyrrole nitrogens is 1. The number of hydrogen-bond acceptors (Lipinski definition) is 4. The van der Waals surface area contributed by atoms with Gasteiger partial charge in [0.1, 0.15) is 5.82 Å². The first-order valence-electron chi connectivity index (χ1n) is 10.1. The number of para-hydroxylation sites is 1. The molecule has 2 N–H and O–H groups in total. The first kappa shape index (κ1) is 19.3. The van der Waals surface area contributed by atoms with Gasteiger partial charge in [0, 0.05) is 25.1 Å². The van der Waals surface area contributed by atoms with Crippen molar-refractivity contribution >= 4 is 22.5 Å². The van der Waals surface area contributed by atoms with Crippen LogP contribution in [-0.2, 0) is 22.6 Å². The zero-order valence-electron chi connectivity index (χ0n) is 16.3. The fourth-order valence-corrected chi connectivity index (χ4v) is 3.26. The van der Waals surface area contributed by atoms with Crippen molar-refractivity contribution in [3.05, 3.63) is 70.3 Å². The quantitative estimate of drug-likeness (QED) is 0.581. The van der Waals surface area contributed by atoms with Gasteiger partial charge in [0.05, 0.1) is 17.5 Å². The van der Waals surface area contributed by atoms with Crippen LogP contribution in [0.1, 0.15) is 37.1 Å². The van der Waals surface area contributed by atoms with E-state index in [1.54, 1.807) is 6.07 Å². The van der Waals surface area contributed by atoms with Crippen LogP contribution >= 0.6 is 0 Å². The first-order chi connectivity index (χ1) is 14.2. The number of nitrogens with one attached hydrogen (secondary N) is 2. The standard InChI is InChI=1S/C23H25N3O3/c27-22(24-18-6-3-5-17(13-18)15-29-14-16-11-12-16)10-4-9-21-25-20-8-2-1-7-19(20)23(28)26-21/h1-3,5-8,13,16H,4,9-12,14-15H2,(H,24,27)(H,25,26,28). The maximum absolute atomic E-state index is 12.3. The van der Waals surface area contributed by atoms with Crippen molar-refractivity contribution in [2.45, 2.75) is 38.7 Å². The molecule has 0 atom stereocenters. The Kier molecular flexibility index (Phi) is 6.00. The van der Waals surface area contributed by atoms with Crippen LogP contribution in [0.15, 0.2) is 53.3 Å². The summed E-state index contributed by atoms with van der Waals surface area (Å²) in [4.78, 5) is 31.6. The Bertz CT molecular complexity index is 1060. The third-order valence-electron chi connectivity index (χ3n) is 5.01. The summed E-state index contributed by atoms with van der Waals surface area (Å²) in [7, 11) is 0. The second kappa shape index (κ2) is 9.01. The fourth-order valence-electron chi connectivity index (χ4n) is 3.26. The SMILES string of the molecule is O=C(CCCc1nc2ccccc2c(=O)[nH]1)Nc1cccc(COCC2CC2)c1. The van der Waals surface area contributed by atoms with Crippen molar-refractivity contribution in [3.63, 3.8) is 0 Å². The van der Waals surface area contributed by atoms with Gasteiger partial charge in [-0.05, 0) is 55.0 Å². The predicted octanol–water partition coefficient (Wildman–Crippen LogP) is 3.81. The van der Waals surface area contributed by atoms with Crippen LogP contribution in [-0.4, -0.2) is 22.5 Å². The molecule has 0 saturated heterocycles. The summed E-state index contributed by atoms with van der Waals surface area (Å²) in [6.45, 7) is 1.39. The van der Waals surface area contributed by atoms with E-state index in [4.69, 9.17) is 4.74 Å². The van der Waals surface area contributed by atoms with E-state index < -0.39 is 0 Å². The molecule has 6 nitrogen and oxygen atoms in total. The molecule has 4 rings (SSSR count). The lowest BCUT2D eigenvalue weighted by atomic mass is 10.2. The zero-order valence-corrected chi connectivity index (χ0v) is 16.3. The Morgan fingerprint density at radius 3 is 2.90 bits per heavy atom. The first-order valence-corrected chi connectivity index (χ1v) is 10.1. The van der Waals surface area contributed by atoms with Crippen LogP contribution in [0, 0.1) is 5.92 Å². The molecule has 3 aromatic rings. The number of fused-ring (bicyclic) bond motifs is 1. The number of nitrogens with zero attached hydrogens (tertiary/aromatic N) is 1. The highest BCUT2D eigenvalue weighted by atomic mass is 16.5. The molecule has 6 heteroatoms. The van der Waals surface area contributed by atoms with Crippen LogP contribution in [0.5, 0.6) is 0 Å². The predicted molar refractivity (Wildman–Crippen MR) is 113 cm³/mol. The number of rotatable bonds is 9. The lowest BCUT2D eigenvalue weighted by molar-refractivity contribution is -0.116. The molecular formula is C23H25N3O3. The summed E-state index contributed by atoms with van der Waals surface area (Å²) < 4.78 is 5.71. The lowest BCUT2D eigenvalue weighted by Crippen LogP contribution is -2.14. The maximum atomic E-state index is 12.3. The van der Waals surface area contributed by atoms with Gasteiger partial charge in [-0.2, -0.15) is 0 Å². The van der Waals surface area contributed by atoms with Gasteiger partial charge < -0.3 is 15.0 Å². The molecule has 1 heterocycles. The molecular weight excluding hydrogens is 366 g/mol. The van der Waals surface area contributed by atoms with Crippen molar-refractivity contribution in [2.24, 2.45) is 5.92 Å². The van der Waals surface area contributed by atoms with E-state index in [0.29, 0.717) is 42.6 Å². The van der Waals surface area contributed by atoms with E-state index in [1.807, 2.05) is 42.5 Å². The van der Waals surface area contributed by atoms with Gasteiger partial charge in [0.15, 0.2) is 0 Å². The van der Waals surface area contributed by atoms with Gasteiger partial charge in [0.2, 0.25) is 5.91 Å². The number of aromatic amines is 1. The lowest BCUT2D eigenvalue weighted by Gasteiger charge is -2.08. The number of hydrogen-bond donors (Lipinski definition) is 2. The van der Waals surface area contributed by atoms with Crippen LogP contribution in [0.25, 0.3) is 10.9 Å². The van der Waals surface area contributed by atoms with Crippen LogP contribution in [0.4, 0.5) is 5.69 Å². The topological polar surface area (TPSA) is 84.1 Å². The number of anilines is 1. The average molecular weight is 391 g/mol. The summed E-state index contributed by atoms with van der Waals surface area (Å²) in [6, 6.07) is 15.0. The third kappa shape index (κ3) is 5.51. The van der Waals surface area contributed by atoms with Gasteiger partial charge in [-0.1, -0.05) is 24.3 Å². The minimum Gasteiger partial charge on any atom is -0.376 e. The van der Waals surface area contributed by atoms with Crippen LogP contribution < -0.4 is 10.9 Å². The number of carbonyl (C=O) groups excluding carboxylic acids is 1. The Labute approximate surface area is 169 Å². The van der Waals surface area contributed by atoms with Crippen molar-refractivity contribution in [3.8, 4) is 0 Å². The van der Waals surface area contributed by atoms with Crippen molar-refractivity contribution in [2.75, 3.05) is 11.9 Å². The molecule has 2 aromatic carbocycles. The van der Waals surface area contributed by atoms with Gasteiger partial charge >= 0.3 is 0 Å². The zero-order chi connectivity index (χ0) is 20.1. The minimum absolute atomic E-state index is 0.0517. The molecule has 1 aromatic heterocycles. The summed E-state index contributed by atoms with van der Waals surface area (Å²) in [5.74, 6) is 1.30. The van der Waals surface area contributed by atoms with Gasteiger partial charge in [-0.15, -0.1) is 0 Å². The minimum atomic E-state index is -0.143. The summed E-state index contributed by atoms with van der Waals surface area (Å²) in [5.41, 5.74) is 2.37. The van der Waals surface area contributed by atoms with Crippen LogP contribution in [0.3, 0.4) is 0 Å². The Morgan fingerprint density at radius 1 is 1.17 bits per heavy atom. The molecule has 1 fully saturated rings. The second-order valence-corrected chi connectivity index (χ2v) is 7.59. The number of aromatic nitrogens is 2. The fraction of sp³-hybridized carbons (Fsp3) is 0.348. The van der Waals surface area contributed by atoms with E-state index in [1.165, 1.54) is 12.8 Å². The second-order valence-electron chi connectivity index (χ2n) is 7.59. The third-order valence-corrected chi connectivity index (χ3v) is 5.01. The van der Waals surface area contributed by atoms with Gasteiger partial charge in [-0.25, -0.2) is 4.98 Å².